The van der Waals surface area contributed by atoms with Gasteiger partial charge in [-0.05, 0) is 164 Å². The van der Waals surface area contributed by atoms with Gasteiger partial charge in [0, 0.05) is 45.0 Å². The minimum atomic E-state index is -0.317. The largest absolute Gasteiger partial charge is 0.334 e. The molecule has 328 valence electrons. The second-order valence-corrected chi connectivity index (χ2v) is 20.7. The van der Waals surface area contributed by atoms with Crippen LogP contribution in [0.5, 0.6) is 0 Å². The lowest BCUT2D eigenvalue weighted by Crippen LogP contribution is -2.33. The fourth-order valence-corrected chi connectivity index (χ4v) is 15.0. The average Bonchev–Trinajstić information content (AvgIpc) is 4.12. The molecule has 69 heavy (non-hydrogen) atoms. The van der Waals surface area contributed by atoms with Crippen LogP contribution in [0.3, 0.4) is 0 Å². The summed E-state index contributed by atoms with van der Waals surface area (Å²) in [5, 5.41) is 5.47. The standard InChI is InChI=1S/C67H50N2/c1-2-18-46-45(17-1)55-37-41(33-34-47(55)57-40-62-58(39-56(46)57)50-21-5-12-28-61(50)67(62)59-26-10-3-19-48(59)49-20-4-11-27-60(49)67)42-35-43(68-63-29-13-6-22-51(63)52-23-7-14-30-64(52)68)38-44(36-42)69-65-31-15-8-24-53(65)54-25-9-16-32-66(54)69/h2-8,10-16,18-24,26-34,36-38,40,43,54,58,66H,1,9,17,25,35,39H2. The summed E-state index contributed by atoms with van der Waals surface area (Å²) in [4.78, 5) is 2.69. The van der Waals surface area contributed by atoms with Crippen LogP contribution in [0.25, 0.3) is 61.4 Å². The molecule has 0 N–H and O–H groups in total. The fraction of sp³-hybridized carbons (Fsp3) is 0.164. The van der Waals surface area contributed by atoms with E-state index in [0.29, 0.717) is 17.9 Å². The number of hydrogen-bond donors (Lipinski definition) is 0. The molecular formula is C67H50N2. The van der Waals surface area contributed by atoms with Crippen LogP contribution in [0.4, 0.5) is 5.69 Å². The van der Waals surface area contributed by atoms with Gasteiger partial charge in [-0.1, -0.05) is 170 Å². The zero-order valence-electron chi connectivity index (χ0n) is 38.6. The maximum absolute atomic E-state index is 2.69. The molecule has 0 radical (unpaired) electrons. The Labute approximate surface area is 403 Å². The number of benzene rings is 8. The monoisotopic (exact) mass is 882 g/mol. The van der Waals surface area contributed by atoms with Gasteiger partial charge in [0.15, 0.2) is 0 Å². The number of fused-ring (bicyclic) bond motifs is 22. The van der Waals surface area contributed by atoms with E-state index in [1.807, 2.05) is 0 Å². The molecule has 6 aliphatic carbocycles. The van der Waals surface area contributed by atoms with E-state index in [-0.39, 0.29) is 11.5 Å². The van der Waals surface area contributed by atoms with Crippen LogP contribution in [0.15, 0.2) is 205 Å². The molecule has 0 saturated carbocycles. The summed E-state index contributed by atoms with van der Waals surface area (Å²) in [5.74, 6) is 0.810. The first kappa shape index (κ1) is 38.3. The van der Waals surface area contributed by atoms with Gasteiger partial charge >= 0.3 is 0 Å². The molecule has 0 amide bonds. The van der Waals surface area contributed by atoms with Crippen molar-refractivity contribution in [2.45, 2.75) is 67.9 Å². The van der Waals surface area contributed by atoms with Crippen molar-refractivity contribution in [3.05, 3.63) is 261 Å². The number of aromatic nitrogens is 1. The maximum Gasteiger partial charge on any atom is 0.0685 e. The molecule has 9 aromatic rings. The zero-order chi connectivity index (χ0) is 45.0. The van der Waals surface area contributed by atoms with Gasteiger partial charge in [0.05, 0.1) is 17.5 Å². The summed E-state index contributed by atoms with van der Waals surface area (Å²) in [6, 6.07) is 63.3. The molecule has 2 heterocycles. The minimum Gasteiger partial charge on any atom is -0.334 e. The van der Waals surface area contributed by atoms with E-state index >= 15 is 0 Å². The lowest BCUT2D eigenvalue weighted by Gasteiger charge is -2.36. The number of allylic oxidation sites excluding steroid dienone is 6. The maximum atomic E-state index is 2.69. The summed E-state index contributed by atoms with van der Waals surface area (Å²) >= 11 is 0. The fourth-order valence-electron chi connectivity index (χ4n) is 15.0. The Hall–Kier alpha value is -7.68. The molecule has 1 spiro atoms. The van der Waals surface area contributed by atoms with Crippen molar-refractivity contribution < 1.29 is 0 Å². The van der Waals surface area contributed by atoms with Crippen LogP contribution in [0, 0.1) is 0 Å². The van der Waals surface area contributed by atoms with Crippen molar-refractivity contribution in [1.29, 1.82) is 0 Å². The van der Waals surface area contributed by atoms with Gasteiger partial charge in [0.25, 0.3) is 0 Å². The SMILES string of the molecule is C1=Cc2c3c(c4ccc(C5=CC(N6c7ccccc7C7CCC=CC76)=CC(n6c7ccccc7c7ccccc76)C5)cc4c2CC1)C=C1C(C3)c2ccccc2C12c1ccccc1-c1ccccc12. The Bertz CT molecular complexity index is 3800. The summed E-state index contributed by atoms with van der Waals surface area (Å²) in [7, 11) is 0. The Morgan fingerprint density at radius 3 is 2.03 bits per heavy atom. The molecular weight excluding hydrogens is 833 g/mol. The first-order valence-corrected chi connectivity index (χ1v) is 25.5. The number of para-hydroxylation sites is 3. The Balaban J connectivity index is 0.910. The van der Waals surface area contributed by atoms with Crippen molar-refractivity contribution in [3.63, 3.8) is 0 Å². The number of nitrogens with zero attached hydrogens (tertiary/aromatic N) is 2. The van der Waals surface area contributed by atoms with Crippen molar-refractivity contribution in [2.24, 2.45) is 0 Å². The summed E-state index contributed by atoms with van der Waals surface area (Å²) in [6.07, 6.45) is 24.1. The minimum absolute atomic E-state index is 0.124. The molecule has 7 aliphatic rings. The van der Waals surface area contributed by atoms with E-state index in [1.54, 1.807) is 5.57 Å². The molecule has 4 atom stereocenters. The van der Waals surface area contributed by atoms with Crippen LogP contribution in [0.2, 0.25) is 0 Å². The normalized spacial score (nSPS) is 21.8. The molecule has 0 saturated heterocycles. The van der Waals surface area contributed by atoms with Crippen LogP contribution in [0.1, 0.15) is 99.2 Å². The van der Waals surface area contributed by atoms with E-state index in [2.05, 4.69) is 216 Å². The van der Waals surface area contributed by atoms with Crippen LogP contribution < -0.4 is 4.90 Å². The van der Waals surface area contributed by atoms with Gasteiger partial charge in [-0.25, -0.2) is 0 Å². The van der Waals surface area contributed by atoms with E-state index in [1.165, 1.54) is 123 Å². The van der Waals surface area contributed by atoms with Gasteiger partial charge in [-0.15, -0.1) is 0 Å². The van der Waals surface area contributed by atoms with Gasteiger partial charge in [0.1, 0.15) is 0 Å². The third-order valence-corrected chi connectivity index (χ3v) is 17.7. The third-order valence-electron chi connectivity index (χ3n) is 17.7. The Morgan fingerprint density at radius 2 is 1.23 bits per heavy atom. The van der Waals surface area contributed by atoms with E-state index < -0.39 is 0 Å². The highest BCUT2D eigenvalue weighted by molar-refractivity contribution is 6.08. The smallest absolute Gasteiger partial charge is 0.0685 e. The number of hydrogen-bond acceptors (Lipinski definition) is 1. The number of rotatable bonds is 3. The van der Waals surface area contributed by atoms with E-state index in [4.69, 9.17) is 0 Å². The summed E-state index contributed by atoms with van der Waals surface area (Å²) < 4.78 is 2.65. The number of aryl methyl sites for hydroxylation is 1. The number of anilines is 1. The van der Waals surface area contributed by atoms with E-state index in [9.17, 15) is 0 Å². The van der Waals surface area contributed by atoms with Crippen molar-refractivity contribution in [3.8, 4) is 11.1 Å². The van der Waals surface area contributed by atoms with E-state index in [0.717, 1.165) is 32.1 Å². The molecule has 2 nitrogen and oxygen atoms in total. The second kappa shape index (κ2) is 14.2. The molecule has 0 fully saturated rings. The second-order valence-electron chi connectivity index (χ2n) is 20.7. The predicted octanol–water partition coefficient (Wildman–Crippen LogP) is 16.2. The van der Waals surface area contributed by atoms with Crippen molar-refractivity contribution in [2.75, 3.05) is 4.90 Å². The van der Waals surface area contributed by atoms with Gasteiger partial charge in [-0.3, -0.25) is 0 Å². The van der Waals surface area contributed by atoms with Gasteiger partial charge in [0.2, 0.25) is 0 Å². The molecule has 1 aromatic heterocycles. The molecule has 16 rings (SSSR count). The highest BCUT2D eigenvalue weighted by Crippen LogP contribution is 2.66. The first-order valence-electron chi connectivity index (χ1n) is 25.5. The highest BCUT2D eigenvalue weighted by Gasteiger charge is 2.55. The van der Waals surface area contributed by atoms with Gasteiger partial charge < -0.3 is 9.47 Å². The van der Waals surface area contributed by atoms with Gasteiger partial charge in [-0.2, -0.15) is 0 Å². The first-order chi connectivity index (χ1) is 34.2. The highest BCUT2D eigenvalue weighted by atomic mass is 15.2. The average molecular weight is 883 g/mol. The van der Waals surface area contributed by atoms with Crippen LogP contribution in [-0.2, 0) is 18.3 Å². The molecule has 2 heteroatoms. The van der Waals surface area contributed by atoms with Crippen LogP contribution in [-0.4, -0.2) is 10.6 Å². The summed E-state index contributed by atoms with van der Waals surface area (Å²) in [5.41, 5.74) is 25.2. The van der Waals surface area contributed by atoms with Crippen molar-refractivity contribution >= 4 is 56.0 Å². The molecule has 1 aliphatic heterocycles. The van der Waals surface area contributed by atoms with Crippen LogP contribution >= 0.6 is 0 Å². The quantitative estimate of drug-likeness (QED) is 0.161. The molecule has 4 unspecified atom stereocenters. The molecule has 8 aromatic carbocycles. The lowest BCUT2D eigenvalue weighted by atomic mass is 9.66. The zero-order valence-corrected chi connectivity index (χ0v) is 38.6. The Kier molecular flexibility index (Phi) is 7.88. The molecule has 0 bridgehead atoms. The topological polar surface area (TPSA) is 8.17 Å². The predicted molar refractivity (Wildman–Crippen MR) is 287 cm³/mol. The summed E-state index contributed by atoms with van der Waals surface area (Å²) in [6.45, 7) is 0. The Morgan fingerprint density at radius 1 is 0.536 bits per heavy atom. The third kappa shape index (κ3) is 5.06. The lowest BCUT2D eigenvalue weighted by molar-refractivity contribution is 0.562. The van der Waals surface area contributed by atoms with Crippen molar-refractivity contribution in [1.82, 2.24) is 4.57 Å².